The maximum Gasteiger partial charge on any atom is 0.488 e. The maximum atomic E-state index is 13.7. The van der Waals surface area contributed by atoms with E-state index in [1.165, 1.54) is 25.3 Å². The molecular weight excluding hydrogens is 507 g/mol. The van der Waals surface area contributed by atoms with Crippen molar-refractivity contribution in [2.45, 2.75) is 31.9 Å². The van der Waals surface area contributed by atoms with Crippen molar-refractivity contribution in [1.82, 2.24) is 0 Å². The normalized spacial score (nSPS) is 12.9. The molecular formula is C26H23BF4N2O5. The molecule has 0 heterocycles. The van der Waals surface area contributed by atoms with Gasteiger partial charge in [0.1, 0.15) is 11.6 Å². The Morgan fingerprint density at radius 1 is 0.895 bits per heavy atom. The van der Waals surface area contributed by atoms with Gasteiger partial charge in [-0.05, 0) is 84.7 Å². The van der Waals surface area contributed by atoms with E-state index in [2.05, 4.69) is 10.6 Å². The lowest BCUT2D eigenvalue weighted by Gasteiger charge is -2.21. The second kappa shape index (κ2) is 10.8. The first-order chi connectivity index (χ1) is 18.0. The van der Waals surface area contributed by atoms with Gasteiger partial charge < -0.3 is 25.4 Å². The van der Waals surface area contributed by atoms with Gasteiger partial charge in [0.05, 0.1) is 29.5 Å². The van der Waals surface area contributed by atoms with Gasteiger partial charge in [0, 0.05) is 5.69 Å². The van der Waals surface area contributed by atoms with E-state index in [1.54, 1.807) is 12.1 Å². The van der Waals surface area contributed by atoms with E-state index in [9.17, 15) is 37.2 Å². The third-order valence-corrected chi connectivity index (χ3v) is 6.27. The molecule has 0 unspecified atom stereocenters. The highest BCUT2D eigenvalue weighted by Gasteiger charge is 2.34. The van der Waals surface area contributed by atoms with Crippen LogP contribution in [-0.4, -0.2) is 36.1 Å². The van der Waals surface area contributed by atoms with Gasteiger partial charge in [0.25, 0.3) is 11.8 Å². The average molecular weight is 530 g/mol. The lowest BCUT2D eigenvalue weighted by molar-refractivity contribution is -0.139. The van der Waals surface area contributed by atoms with Gasteiger partial charge in [-0.1, -0.05) is 6.07 Å². The van der Waals surface area contributed by atoms with Crippen LogP contribution in [0.2, 0.25) is 0 Å². The number of anilines is 2. The lowest BCUT2D eigenvalue weighted by atomic mass is 9.79. The van der Waals surface area contributed by atoms with E-state index >= 15 is 0 Å². The standard InChI is InChI=1S/C26H23BF4N2O5/c1-38-23-9-6-16(27(36)37)12-19(23)25(35)33-22-11-15-5-3-2-4-14(15)10-18(22)24(34)32-17-7-8-21(28)20(13-17)26(29,30)31/h6-13,36-37H,2-5H2,1H3,(H,32,34)(H,33,35). The van der Waals surface area contributed by atoms with E-state index in [1.807, 2.05) is 0 Å². The number of hydrogen-bond acceptors (Lipinski definition) is 5. The molecule has 0 fully saturated rings. The Bertz CT molecular complexity index is 1390. The minimum absolute atomic E-state index is 0.00537. The summed E-state index contributed by atoms with van der Waals surface area (Å²) in [5, 5.41) is 24.0. The molecule has 198 valence electrons. The van der Waals surface area contributed by atoms with Crippen LogP contribution in [0.4, 0.5) is 28.9 Å². The number of amides is 2. The number of alkyl halides is 3. The first-order valence-corrected chi connectivity index (χ1v) is 11.7. The van der Waals surface area contributed by atoms with Crippen molar-refractivity contribution < 1.29 is 41.9 Å². The zero-order chi connectivity index (χ0) is 27.6. The minimum atomic E-state index is -4.95. The van der Waals surface area contributed by atoms with Crippen molar-refractivity contribution in [2.24, 2.45) is 0 Å². The van der Waals surface area contributed by atoms with Gasteiger partial charge in [-0.2, -0.15) is 13.2 Å². The summed E-state index contributed by atoms with van der Waals surface area (Å²) in [7, 11) is -0.508. The van der Waals surface area contributed by atoms with Crippen LogP contribution in [-0.2, 0) is 19.0 Å². The molecule has 0 bridgehead atoms. The maximum absolute atomic E-state index is 13.7. The molecule has 1 aliphatic rings. The number of rotatable bonds is 6. The van der Waals surface area contributed by atoms with Crippen molar-refractivity contribution >= 4 is 35.8 Å². The number of hydrogen-bond donors (Lipinski definition) is 4. The molecule has 3 aromatic rings. The quantitative estimate of drug-likeness (QED) is 0.286. The molecule has 0 radical (unpaired) electrons. The number of methoxy groups -OCH3 is 1. The Hall–Kier alpha value is -3.90. The van der Waals surface area contributed by atoms with Crippen LogP contribution in [0.1, 0.15) is 50.2 Å². The fraction of sp³-hybridized carbons (Fsp3) is 0.231. The Kier molecular flexibility index (Phi) is 7.74. The van der Waals surface area contributed by atoms with Crippen LogP contribution in [0.3, 0.4) is 0 Å². The highest BCUT2D eigenvalue weighted by atomic mass is 19.4. The molecule has 4 N–H and O–H groups in total. The molecule has 38 heavy (non-hydrogen) atoms. The summed E-state index contributed by atoms with van der Waals surface area (Å²) in [6.07, 6.45) is -1.76. The van der Waals surface area contributed by atoms with E-state index in [0.29, 0.717) is 25.0 Å². The molecule has 1 aliphatic carbocycles. The zero-order valence-electron chi connectivity index (χ0n) is 20.2. The summed E-state index contributed by atoms with van der Waals surface area (Å²) >= 11 is 0. The molecule has 0 spiro atoms. The number of ether oxygens (including phenoxy) is 1. The monoisotopic (exact) mass is 530 g/mol. The number of benzene rings is 3. The summed E-state index contributed by atoms with van der Waals surface area (Å²) in [5.41, 5.74) is 0.0923. The van der Waals surface area contributed by atoms with E-state index < -0.39 is 36.5 Å². The van der Waals surface area contributed by atoms with Gasteiger partial charge in [-0.25, -0.2) is 4.39 Å². The fourth-order valence-corrected chi connectivity index (χ4v) is 4.35. The lowest BCUT2D eigenvalue weighted by Crippen LogP contribution is -2.31. The van der Waals surface area contributed by atoms with Crippen molar-refractivity contribution in [3.05, 3.63) is 82.2 Å². The number of carbonyl (C=O) groups is 2. The number of fused-ring (bicyclic) bond motifs is 1. The Morgan fingerprint density at radius 2 is 1.55 bits per heavy atom. The summed E-state index contributed by atoms with van der Waals surface area (Å²) < 4.78 is 58.3. The third-order valence-electron chi connectivity index (χ3n) is 6.27. The molecule has 0 atom stereocenters. The van der Waals surface area contributed by atoms with Crippen molar-refractivity contribution in [1.29, 1.82) is 0 Å². The molecule has 2 amide bonds. The van der Waals surface area contributed by atoms with E-state index in [4.69, 9.17) is 4.74 Å². The van der Waals surface area contributed by atoms with Crippen molar-refractivity contribution in [3.63, 3.8) is 0 Å². The number of nitrogens with one attached hydrogen (secondary N) is 2. The van der Waals surface area contributed by atoms with Gasteiger partial charge >= 0.3 is 13.3 Å². The van der Waals surface area contributed by atoms with Crippen molar-refractivity contribution in [3.8, 4) is 5.75 Å². The molecule has 7 nitrogen and oxygen atoms in total. The molecule has 0 aromatic heterocycles. The molecule has 12 heteroatoms. The smallest absolute Gasteiger partial charge is 0.488 e. The topological polar surface area (TPSA) is 108 Å². The predicted molar refractivity (Wildman–Crippen MR) is 133 cm³/mol. The van der Waals surface area contributed by atoms with Crippen LogP contribution in [0, 0.1) is 5.82 Å². The van der Waals surface area contributed by atoms with Crippen LogP contribution in [0.5, 0.6) is 5.75 Å². The van der Waals surface area contributed by atoms with Crippen molar-refractivity contribution in [2.75, 3.05) is 17.7 Å². The highest BCUT2D eigenvalue weighted by molar-refractivity contribution is 6.58. The molecule has 0 aliphatic heterocycles. The largest absolute Gasteiger partial charge is 0.496 e. The zero-order valence-corrected chi connectivity index (χ0v) is 20.2. The fourth-order valence-electron chi connectivity index (χ4n) is 4.35. The minimum Gasteiger partial charge on any atom is -0.496 e. The Labute approximate surface area is 215 Å². The second-order valence-electron chi connectivity index (χ2n) is 8.81. The molecule has 0 saturated heterocycles. The van der Waals surface area contributed by atoms with E-state index in [-0.39, 0.29) is 33.7 Å². The van der Waals surface area contributed by atoms with Crippen LogP contribution in [0.25, 0.3) is 0 Å². The summed E-state index contributed by atoms with van der Waals surface area (Å²) in [4.78, 5) is 26.4. The van der Waals surface area contributed by atoms with Crippen LogP contribution >= 0.6 is 0 Å². The number of halogens is 4. The molecule has 0 saturated carbocycles. The SMILES string of the molecule is COc1ccc(B(O)O)cc1C(=O)Nc1cc2c(cc1C(=O)Nc1ccc(F)c(C(F)(F)F)c1)CCCC2. The van der Waals surface area contributed by atoms with Gasteiger partial charge in [-0.3, -0.25) is 9.59 Å². The number of aryl methyl sites for hydroxylation is 2. The molecule has 3 aromatic carbocycles. The summed E-state index contributed by atoms with van der Waals surface area (Å²) in [5.74, 6) is -2.85. The van der Waals surface area contributed by atoms with Crippen LogP contribution in [0.15, 0.2) is 48.5 Å². The first-order valence-electron chi connectivity index (χ1n) is 11.7. The predicted octanol–water partition coefficient (Wildman–Crippen LogP) is 3.92. The highest BCUT2D eigenvalue weighted by Crippen LogP contribution is 2.34. The number of carbonyl (C=O) groups excluding carboxylic acids is 2. The second-order valence-corrected chi connectivity index (χ2v) is 8.81. The molecule has 4 rings (SSSR count). The van der Waals surface area contributed by atoms with Gasteiger partial charge in [-0.15, -0.1) is 0 Å². The summed E-state index contributed by atoms with van der Waals surface area (Å²) in [6, 6.07) is 9.34. The Morgan fingerprint density at radius 3 is 2.18 bits per heavy atom. The average Bonchev–Trinajstić information content (AvgIpc) is 2.88. The third kappa shape index (κ3) is 5.81. The summed E-state index contributed by atoms with van der Waals surface area (Å²) in [6.45, 7) is 0. The van der Waals surface area contributed by atoms with Gasteiger partial charge in [0.15, 0.2) is 0 Å². The first kappa shape index (κ1) is 27.1. The Balaban J connectivity index is 1.70. The van der Waals surface area contributed by atoms with Crippen LogP contribution < -0.4 is 20.8 Å². The van der Waals surface area contributed by atoms with Gasteiger partial charge in [0.2, 0.25) is 0 Å². The van der Waals surface area contributed by atoms with E-state index in [0.717, 1.165) is 30.0 Å².